The minimum atomic E-state index is 0.488. The Morgan fingerprint density at radius 2 is 1.31 bits per heavy atom. The third-order valence-corrected chi connectivity index (χ3v) is 4.82. The molecule has 4 nitrogen and oxygen atoms in total. The molecule has 1 aromatic heterocycles. The summed E-state index contributed by atoms with van der Waals surface area (Å²) < 4.78 is 1.05. The molecule has 0 saturated heterocycles. The van der Waals surface area contributed by atoms with E-state index in [-0.39, 0.29) is 0 Å². The zero-order valence-corrected chi connectivity index (χ0v) is 16.0. The zero-order chi connectivity index (χ0) is 17.8. The second-order valence-corrected chi connectivity index (χ2v) is 6.83. The van der Waals surface area contributed by atoms with Gasteiger partial charge in [0, 0.05) is 14.7 Å². The fraction of sp³-hybridized carbons (Fsp3) is 0. The van der Waals surface area contributed by atoms with Crippen molar-refractivity contribution in [3.8, 4) is 22.5 Å². The molecular formula is C21H15IN4. The molecule has 3 aromatic carbocycles. The Morgan fingerprint density at radius 1 is 0.692 bits per heavy atom. The van der Waals surface area contributed by atoms with Gasteiger partial charge in [0.1, 0.15) is 0 Å². The van der Waals surface area contributed by atoms with Crippen LogP contribution in [0.3, 0.4) is 0 Å². The van der Waals surface area contributed by atoms with Gasteiger partial charge in [0.25, 0.3) is 0 Å². The molecule has 126 valence electrons. The summed E-state index contributed by atoms with van der Waals surface area (Å²) in [6, 6.07) is 28.1. The van der Waals surface area contributed by atoms with Crippen molar-refractivity contribution in [3.63, 3.8) is 0 Å². The molecule has 0 amide bonds. The molecule has 0 bridgehead atoms. The lowest BCUT2D eigenvalue weighted by Gasteiger charge is -2.02. The van der Waals surface area contributed by atoms with Gasteiger partial charge in [0.05, 0.1) is 17.1 Å². The first-order chi connectivity index (χ1) is 12.8. The predicted octanol–water partition coefficient (Wildman–Crippen LogP) is 6.76. The van der Waals surface area contributed by atoms with Gasteiger partial charge in [-0.05, 0) is 34.7 Å². The standard InChI is InChI=1S/C21H15IN4/c22-17-13-7-8-14-18(17)25-26-21-23-19(15-9-3-1-4-10-15)20(24-21)16-11-5-2-6-12-16/h1-14H,(H,23,24). The molecule has 0 aliphatic rings. The number of nitrogens with zero attached hydrogens (tertiary/aromatic N) is 3. The summed E-state index contributed by atoms with van der Waals surface area (Å²) in [6.07, 6.45) is 0. The molecule has 4 aromatic rings. The molecule has 1 heterocycles. The first-order valence-electron chi connectivity index (χ1n) is 8.18. The van der Waals surface area contributed by atoms with E-state index < -0.39 is 0 Å². The van der Waals surface area contributed by atoms with Crippen LogP contribution in [0.2, 0.25) is 0 Å². The van der Waals surface area contributed by atoms with Crippen LogP contribution >= 0.6 is 22.6 Å². The Hall–Kier alpha value is -2.80. The van der Waals surface area contributed by atoms with Gasteiger partial charge in [0.2, 0.25) is 5.95 Å². The minimum Gasteiger partial charge on any atom is -0.320 e. The number of nitrogens with one attached hydrogen (secondary N) is 1. The van der Waals surface area contributed by atoms with Crippen molar-refractivity contribution in [3.05, 3.63) is 88.5 Å². The molecule has 0 aliphatic heterocycles. The highest BCUT2D eigenvalue weighted by Crippen LogP contribution is 2.32. The van der Waals surface area contributed by atoms with Crippen LogP contribution in [0, 0.1) is 3.57 Å². The summed E-state index contributed by atoms with van der Waals surface area (Å²) >= 11 is 2.25. The van der Waals surface area contributed by atoms with Crippen molar-refractivity contribution >= 4 is 34.2 Å². The number of halogens is 1. The number of hydrogen-bond acceptors (Lipinski definition) is 3. The van der Waals surface area contributed by atoms with Crippen molar-refractivity contribution in [1.29, 1.82) is 0 Å². The summed E-state index contributed by atoms with van der Waals surface area (Å²) in [4.78, 5) is 8.00. The highest BCUT2D eigenvalue weighted by Gasteiger charge is 2.13. The second-order valence-electron chi connectivity index (χ2n) is 5.67. The second kappa shape index (κ2) is 7.61. The molecule has 0 atom stereocenters. The average Bonchev–Trinajstić information content (AvgIpc) is 3.13. The summed E-state index contributed by atoms with van der Waals surface area (Å²) in [5, 5.41) is 8.66. The van der Waals surface area contributed by atoms with Crippen molar-refractivity contribution in [1.82, 2.24) is 9.97 Å². The number of benzene rings is 3. The van der Waals surface area contributed by atoms with Gasteiger partial charge >= 0.3 is 0 Å². The average molecular weight is 450 g/mol. The van der Waals surface area contributed by atoms with E-state index in [0.717, 1.165) is 31.8 Å². The van der Waals surface area contributed by atoms with E-state index in [0.29, 0.717) is 5.95 Å². The number of hydrogen-bond donors (Lipinski definition) is 1. The Kier molecular flexibility index (Phi) is 4.88. The third kappa shape index (κ3) is 3.57. The van der Waals surface area contributed by atoms with Crippen molar-refractivity contribution in [2.24, 2.45) is 10.2 Å². The van der Waals surface area contributed by atoms with E-state index in [1.165, 1.54) is 0 Å². The lowest BCUT2D eigenvalue weighted by atomic mass is 10.1. The van der Waals surface area contributed by atoms with Crippen LogP contribution in [0.4, 0.5) is 11.6 Å². The number of azo groups is 1. The minimum absolute atomic E-state index is 0.488. The van der Waals surface area contributed by atoms with Crippen LogP contribution in [0.1, 0.15) is 0 Å². The van der Waals surface area contributed by atoms with Gasteiger partial charge in [-0.25, -0.2) is 4.98 Å². The molecule has 0 aliphatic carbocycles. The Balaban J connectivity index is 1.78. The monoisotopic (exact) mass is 450 g/mol. The summed E-state index contributed by atoms with van der Waals surface area (Å²) in [5.41, 5.74) is 4.74. The summed E-state index contributed by atoms with van der Waals surface area (Å²) in [7, 11) is 0. The van der Waals surface area contributed by atoms with Gasteiger partial charge in [-0.1, -0.05) is 72.8 Å². The number of H-pyrrole nitrogens is 1. The highest BCUT2D eigenvalue weighted by atomic mass is 127. The molecule has 0 spiro atoms. The van der Waals surface area contributed by atoms with E-state index in [1.54, 1.807) is 0 Å². The van der Waals surface area contributed by atoms with Crippen molar-refractivity contribution in [2.45, 2.75) is 0 Å². The van der Waals surface area contributed by atoms with E-state index in [1.807, 2.05) is 72.8 Å². The van der Waals surface area contributed by atoms with E-state index in [2.05, 4.69) is 54.9 Å². The van der Waals surface area contributed by atoms with Gasteiger partial charge < -0.3 is 4.98 Å². The Labute approximate surface area is 165 Å². The molecule has 0 saturated carbocycles. The predicted molar refractivity (Wildman–Crippen MR) is 113 cm³/mol. The number of imidazole rings is 1. The van der Waals surface area contributed by atoms with Crippen LogP contribution in [-0.4, -0.2) is 9.97 Å². The Morgan fingerprint density at radius 3 is 2.00 bits per heavy atom. The van der Waals surface area contributed by atoms with Crippen molar-refractivity contribution in [2.75, 3.05) is 0 Å². The number of aromatic amines is 1. The fourth-order valence-electron chi connectivity index (χ4n) is 2.66. The van der Waals surface area contributed by atoms with Crippen LogP contribution in [0.25, 0.3) is 22.5 Å². The largest absolute Gasteiger partial charge is 0.320 e. The summed E-state index contributed by atoms with van der Waals surface area (Å²) in [5.74, 6) is 0.488. The maximum atomic E-state index is 4.68. The van der Waals surface area contributed by atoms with Gasteiger partial charge in [0.15, 0.2) is 0 Å². The van der Waals surface area contributed by atoms with E-state index in [9.17, 15) is 0 Å². The quantitative estimate of drug-likeness (QED) is 0.271. The SMILES string of the molecule is Ic1ccccc1N=Nc1nc(-c2ccccc2)c(-c2ccccc2)[nH]1. The first-order valence-corrected chi connectivity index (χ1v) is 9.26. The normalized spacial score (nSPS) is 11.1. The number of aromatic nitrogens is 2. The first kappa shape index (κ1) is 16.7. The zero-order valence-electron chi connectivity index (χ0n) is 13.8. The molecule has 1 N–H and O–H groups in total. The molecule has 26 heavy (non-hydrogen) atoms. The smallest absolute Gasteiger partial charge is 0.247 e. The van der Waals surface area contributed by atoms with Crippen LogP contribution in [0.15, 0.2) is 95.2 Å². The molecular weight excluding hydrogens is 435 g/mol. The van der Waals surface area contributed by atoms with E-state index >= 15 is 0 Å². The Bertz CT molecular complexity index is 983. The topological polar surface area (TPSA) is 53.4 Å². The molecule has 0 radical (unpaired) electrons. The maximum Gasteiger partial charge on any atom is 0.247 e. The molecule has 0 fully saturated rings. The molecule has 0 unspecified atom stereocenters. The van der Waals surface area contributed by atoms with Crippen LogP contribution in [0.5, 0.6) is 0 Å². The third-order valence-electron chi connectivity index (χ3n) is 3.91. The molecule has 5 heteroatoms. The number of rotatable bonds is 4. The highest BCUT2D eigenvalue weighted by molar-refractivity contribution is 14.1. The van der Waals surface area contributed by atoms with Crippen LogP contribution in [-0.2, 0) is 0 Å². The lowest BCUT2D eigenvalue weighted by molar-refractivity contribution is 1.12. The van der Waals surface area contributed by atoms with Gasteiger partial charge in [-0.2, -0.15) is 0 Å². The van der Waals surface area contributed by atoms with Gasteiger partial charge in [-0.3, -0.25) is 0 Å². The summed E-state index contributed by atoms with van der Waals surface area (Å²) in [6.45, 7) is 0. The van der Waals surface area contributed by atoms with E-state index in [4.69, 9.17) is 0 Å². The van der Waals surface area contributed by atoms with Crippen molar-refractivity contribution < 1.29 is 0 Å². The van der Waals surface area contributed by atoms with Gasteiger partial charge in [-0.15, -0.1) is 10.2 Å². The maximum absolute atomic E-state index is 4.68. The molecule has 4 rings (SSSR count). The van der Waals surface area contributed by atoms with Crippen LogP contribution < -0.4 is 0 Å². The lowest BCUT2D eigenvalue weighted by Crippen LogP contribution is -1.82. The fourth-order valence-corrected chi connectivity index (χ4v) is 3.16.